The number of rotatable bonds is 6. The molecule has 3 rings (SSSR count). The average Bonchev–Trinajstić information content (AvgIpc) is 2.67. The molecule has 0 bridgehead atoms. The Balaban J connectivity index is 1.94. The molecule has 0 atom stereocenters. The molecule has 2 aromatic carbocycles. The molecule has 0 fully saturated rings. The summed E-state index contributed by atoms with van der Waals surface area (Å²) in [5.74, 6) is 0. The van der Waals surface area contributed by atoms with Crippen LogP contribution in [-0.2, 0) is 19.9 Å². The zero-order valence-corrected chi connectivity index (χ0v) is 16.5. The lowest BCUT2D eigenvalue weighted by atomic mass is 10.1. The first-order chi connectivity index (χ1) is 13.6. The van der Waals surface area contributed by atoms with Crippen LogP contribution in [0.2, 0.25) is 0 Å². The number of sulfonamides is 1. The zero-order chi connectivity index (χ0) is 21.2. The van der Waals surface area contributed by atoms with Gasteiger partial charge in [0.15, 0.2) is 19.8 Å². The van der Waals surface area contributed by atoms with Crippen LogP contribution in [-0.4, -0.2) is 38.2 Å². The zero-order valence-electron chi connectivity index (χ0n) is 14.9. The minimum Gasteiger partial charge on any atom is -0.279 e. The van der Waals surface area contributed by atoms with E-state index < -0.39 is 35.4 Å². The summed E-state index contributed by atoms with van der Waals surface area (Å²) in [6, 6.07) is 13.8. The molecule has 0 amide bonds. The molecule has 0 saturated carbocycles. The first-order valence-corrected chi connectivity index (χ1v) is 11.4. The third-order valence-electron chi connectivity index (χ3n) is 3.78. The monoisotopic (exact) mass is 434 g/mol. The van der Waals surface area contributed by atoms with E-state index in [0.717, 1.165) is 18.4 Å². The van der Waals surface area contributed by atoms with Crippen molar-refractivity contribution in [3.05, 3.63) is 70.8 Å². The number of para-hydroxylation sites is 1. The van der Waals surface area contributed by atoms with Gasteiger partial charge in [0.25, 0.3) is 15.7 Å². The van der Waals surface area contributed by atoms with Crippen molar-refractivity contribution in [3.63, 3.8) is 0 Å². The number of sulfone groups is 1. The maximum atomic E-state index is 12.6. The van der Waals surface area contributed by atoms with Crippen molar-refractivity contribution in [2.24, 2.45) is 0 Å². The van der Waals surface area contributed by atoms with Crippen LogP contribution in [0.15, 0.2) is 70.6 Å². The second-order valence-corrected chi connectivity index (χ2v) is 9.55. The van der Waals surface area contributed by atoms with Crippen molar-refractivity contribution < 1.29 is 21.8 Å². The molecule has 0 aliphatic carbocycles. The fourth-order valence-electron chi connectivity index (χ4n) is 2.46. The Hall–Kier alpha value is -3.38. The number of anilines is 1. The van der Waals surface area contributed by atoms with Gasteiger partial charge in [0, 0.05) is 23.6 Å². The maximum Gasteiger partial charge on any atom is 0.289 e. The summed E-state index contributed by atoms with van der Waals surface area (Å²) >= 11 is 0. The van der Waals surface area contributed by atoms with Gasteiger partial charge in [-0.05, 0) is 30.3 Å². The molecular formula is C17H14N4O6S2. The summed E-state index contributed by atoms with van der Waals surface area (Å²) in [6.07, 6.45) is 1.01. The summed E-state index contributed by atoms with van der Waals surface area (Å²) < 4.78 is 50.5. The Morgan fingerprint density at radius 1 is 0.931 bits per heavy atom. The van der Waals surface area contributed by atoms with E-state index in [1.54, 1.807) is 12.1 Å². The molecule has 1 aromatic heterocycles. The lowest BCUT2D eigenvalue weighted by Gasteiger charge is -2.10. The van der Waals surface area contributed by atoms with E-state index >= 15 is 0 Å². The maximum absolute atomic E-state index is 12.6. The SMILES string of the molecule is CS(=O)(=O)c1ccc(-c2cccc(NS(=O)(=O)c3ccccc3[N+](=O)[O-])c2)nn1. The quantitative estimate of drug-likeness (QED) is 0.458. The van der Waals surface area contributed by atoms with E-state index in [1.165, 1.54) is 36.4 Å². The minimum atomic E-state index is -4.22. The topological polar surface area (TPSA) is 149 Å². The van der Waals surface area contributed by atoms with Crippen molar-refractivity contribution in [3.8, 4) is 11.3 Å². The Bertz CT molecular complexity index is 1290. The van der Waals surface area contributed by atoms with Gasteiger partial charge in [0.05, 0.1) is 10.6 Å². The second-order valence-electron chi connectivity index (χ2n) is 5.94. The first-order valence-electron chi connectivity index (χ1n) is 7.98. The van der Waals surface area contributed by atoms with E-state index in [4.69, 9.17) is 0 Å². The van der Waals surface area contributed by atoms with E-state index in [0.29, 0.717) is 11.3 Å². The number of nitro groups is 1. The van der Waals surface area contributed by atoms with Gasteiger partial charge in [-0.25, -0.2) is 16.8 Å². The molecule has 10 nitrogen and oxygen atoms in total. The molecule has 0 radical (unpaired) electrons. The van der Waals surface area contributed by atoms with Crippen molar-refractivity contribution in [2.45, 2.75) is 9.92 Å². The van der Waals surface area contributed by atoms with Crippen molar-refractivity contribution in [2.75, 3.05) is 11.0 Å². The molecular weight excluding hydrogens is 420 g/mol. The lowest BCUT2D eigenvalue weighted by molar-refractivity contribution is -0.387. The number of nitrogens with one attached hydrogen (secondary N) is 1. The van der Waals surface area contributed by atoms with Crippen LogP contribution < -0.4 is 4.72 Å². The molecule has 3 aromatic rings. The first kappa shape index (κ1) is 20.4. The highest BCUT2D eigenvalue weighted by atomic mass is 32.2. The molecule has 12 heteroatoms. The largest absolute Gasteiger partial charge is 0.289 e. The molecule has 0 saturated heterocycles. The van der Waals surface area contributed by atoms with Gasteiger partial charge in [-0.3, -0.25) is 14.8 Å². The van der Waals surface area contributed by atoms with Gasteiger partial charge < -0.3 is 0 Å². The Labute approximate surface area is 166 Å². The molecule has 0 unspecified atom stereocenters. The summed E-state index contributed by atoms with van der Waals surface area (Å²) in [5, 5.41) is 18.4. The van der Waals surface area contributed by atoms with Crippen LogP contribution in [0, 0.1) is 10.1 Å². The fraction of sp³-hybridized carbons (Fsp3) is 0.0588. The van der Waals surface area contributed by atoms with Crippen LogP contribution in [0.25, 0.3) is 11.3 Å². The molecule has 0 aliphatic heterocycles. The highest BCUT2D eigenvalue weighted by molar-refractivity contribution is 7.93. The molecule has 0 aliphatic rings. The van der Waals surface area contributed by atoms with E-state index in [1.807, 2.05) is 0 Å². The number of aromatic nitrogens is 2. The van der Waals surface area contributed by atoms with Crippen LogP contribution in [0.1, 0.15) is 0 Å². The summed E-state index contributed by atoms with van der Waals surface area (Å²) in [4.78, 5) is 9.87. The molecule has 29 heavy (non-hydrogen) atoms. The van der Waals surface area contributed by atoms with Gasteiger partial charge >= 0.3 is 0 Å². The Kier molecular flexibility index (Phi) is 5.31. The predicted molar refractivity (Wildman–Crippen MR) is 104 cm³/mol. The van der Waals surface area contributed by atoms with Crippen molar-refractivity contribution in [1.29, 1.82) is 0 Å². The van der Waals surface area contributed by atoms with Crippen LogP contribution >= 0.6 is 0 Å². The molecule has 0 spiro atoms. The van der Waals surface area contributed by atoms with Crippen molar-refractivity contribution >= 4 is 31.2 Å². The standard InChI is InChI=1S/C17H14N4O6S2/c1-28(24,25)17-10-9-14(18-19-17)12-5-4-6-13(11-12)20-29(26,27)16-8-3-2-7-15(16)21(22)23/h2-11,20H,1H3. The van der Waals surface area contributed by atoms with Crippen LogP contribution in [0.5, 0.6) is 0 Å². The number of nitrogens with zero attached hydrogens (tertiary/aromatic N) is 3. The molecule has 1 N–H and O–H groups in total. The average molecular weight is 434 g/mol. The number of benzene rings is 2. The number of hydrogen-bond acceptors (Lipinski definition) is 8. The Morgan fingerprint density at radius 2 is 1.66 bits per heavy atom. The van der Waals surface area contributed by atoms with Crippen molar-refractivity contribution in [1.82, 2.24) is 10.2 Å². The third-order valence-corrected chi connectivity index (χ3v) is 6.19. The van der Waals surface area contributed by atoms with Gasteiger partial charge in [-0.15, -0.1) is 10.2 Å². The van der Waals surface area contributed by atoms with Gasteiger partial charge in [-0.1, -0.05) is 24.3 Å². The van der Waals surface area contributed by atoms with E-state index in [9.17, 15) is 26.9 Å². The second kappa shape index (κ2) is 7.56. The molecule has 1 heterocycles. The van der Waals surface area contributed by atoms with E-state index in [2.05, 4.69) is 14.9 Å². The molecule has 150 valence electrons. The smallest absolute Gasteiger partial charge is 0.279 e. The normalized spacial score (nSPS) is 11.8. The van der Waals surface area contributed by atoms with Gasteiger partial charge in [0.2, 0.25) is 0 Å². The third kappa shape index (κ3) is 4.55. The predicted octanol–water partition coefficient (Wildman–Crippen LogP) is 2.26. The van der Waals surface area contributed by atoms with Gasteiger partial charge in [0.1, 0.15) is 0 Å². The number of hydrogen-bond donors (Lipinski definition) is 1. The highest BCUT2D eigenvalue weighted by Gasteiger charge is 2.25. The van der Waals surface area contributed by atoms with Crippen LogP contribution in [0.4, 0.5) is 11.4 Å². The highest BCUT2D eigenvalue weighted by Crippen LogP contribution is 2.27. The summed E-state index contributed by atoms with van der Waals surface area (Å²) in [6.45, 7) is 0. The fourth-order valence-corrected chi connectivity index (χ4v) is 4.19. The lowest BCUT2D eigenvalue weighted by Crippen LogP contribution is -2.14. The summed E-state index contributed by atoms with van der Waals surface area (Å²) in [5.41, 5.74) is 0.400. The Morgan fingerprint density at radius 3 is 2.28 bits per heavy atom. The summed E-state index contributed by atoms with van der Waals surface area (Å²) in [7, 11) is -7.72. The number of nitro benzene ring substituents is 1. The van der Waals surface area contributed by atoms with E-state index in [-0.39, 0.29) is 10.7 Å². The minimum absolute atomic E-state index is 0.148. The van der Waals surface area contributed by atoms with Crippen LogP contribution in [0.3, 0.4) is 0 Å². The van der Waals surface area contributed by atoms with Gasteiger partial charge in [-0.2, -0.15) is 0 Å².